The molecule has 0 unspecified atom stereocenters. The monoisotopic (exact) mass is 746 g/mol. The summed E-state index contributed by atoms with van der Waals surface area (Å²) in [5.41, 5.74) is 10.0. The first-order chi connectivity index (χ1) is 28.3. The normalized spacial score (nSPS) is 11.9. The van der Waals surface area contributed by atoms with E-state index in [0.717, 1.165) is 49.8 Å². The van der Waals surface area contributed by atoms with Crippen molar-refractivity contribution in [3.8, 4) is 51.0 Å². The number of aromatic nitrogens is 4. The van der Waals surface area contributed by atoms with Crippen LogP contribution in [0.3, 0.4) is 0 Å². The van der Waals surface area contributed by atoms with Crippen LogP contribution in [0.4, 0.5) is 0 Å². The van der Waals surface area contributed by atoms with Crippen LogP contribution in [0.15, 0.2) is 186 Å². The Labute approximate surface area is 330 Å². The lowest BCUT2D eigenvalue weighted by Crippen LogP contribution is -2.00. The first-order valence-corrected chi connectivity index (χ1v) is 19.8. The number of nitrogens with zero attached hydrogens (tertiary/aromatic N) is 4. The maximum absolute atomic E-state index is 7.03. The Bertz CT molecular complexity index is 3420. The number of hydrogen-bond donors (Lipinski definition) is 0. The number of thiophene rings is 1. The van der Waals surface area contributed by atoms with Crippen molar-refractivity contribution >= 4 is 75.3 Å². The molecule has 8 aromatic carbocycles. The van der Waals surface area contributed by atoms with Gasteiger partial charge in [-0.25, -0.2) is 15.0 Å². The molecule has 12 aromatic rings. The van der Waals surface area contributed by atoms with E-state index in [9.17, 15) is 0 Å². The lowest BCUT2D eigenvalue weighted by molar-refractivity contribution is 0.670. The van der Waals surface area contributed by atoms with Gasteiger partial charge in [-0.3, -0.25) is 0 Å². The summed E-state index contributed by atoms with van der Waals surface area (Å²) in [5, 5.41) is 7.03. The van der Waals surface area contributed by atoms with Gasteiger partial charge < -0.3 is 8.98 Å². The first kappa shape index (κ1) is 31.9. The average molecular weight is 747 g/mol. The highest BCUT2D eigenvalue weighted by Gasteiger charge is 2.22. The Morgan fingerprint density at radius 2 is 0.877 bits per heavy atom. The summed E-state index contributed by atoms with van der Waals surface area (Å²) in [4.78, 5) is 15.0. The molecule has 0 aliphatic heterocycles. The van der Waals surface area contributed by atoms with Crippen LogP contribution >= 0.6 is 11.3 Å². The molecule has 4 heterocycles. The Kier molecular flexibility index (Phi) is 7.03. The van der Waals surface area contributed by atoms with Gasteiger partial charge in [-0.05, 0) is 35.9 Å². The van der Waals surface area contributed by atoms with Crippen LogP contribution in [0.25, 0.3) is 115 Å². The van der Waals surface area contributed by atoms with E-state index < -0.39 is 0 Å². The first-order valence-electron chi connectivity index (χ1n) is 19.0. The molecule has 4 aromatic heterocycles. The minimum absolute atomic E-state index is 0.567. The Morgan fingerprint density at radius 1 is 0.386 bits per heavy atom. The molecule has 0 spiro atoms. The van der Waals surface area contributed by atoms with Gasteiger partial charge in [0.1, 0.15) is 11.2 Å². The van der Waals surface area contributed by atoms with Gasteiger partial charge in [0.15, 0.2) is 17.5 Å². The van der Waals surface area contributed by atoms with E-state index in [-0.39, 0.29) is 0 Å². The Morgan fingerprint density at radius 3 is 1.54 bits per heavy atom. The predicted molar refractivity (Wildman–Crippen MR) is 236 cm³/mol. The largest absolute Gasteiger partial charge is 0.455 e. The van der Waals surface area contributed by atoms with E-state index in [1.165, 1.54) is 47.7 Å². The molecule has 6 heteroatoms. The molecule has 0 saturated carbocycles. The summed E-state index contributed by atoms with van der Waals surface area (Å²) >= 11 is 1.85. The summed E-state index contributed by atoms with van der Waals surface area (Å²) in [6, 6.07) is 63.6. The number of benzene rings is 8. The molecular formula is C51H30N4OS. The fourth-order valence-electron chi connectivity index (χ4n) is 8.55. The number of para-hydroxylation sites is 4. The summed E-state index contributed by atoms with van der Waals surface area (Å²) in [5.74, 6) is 1.80. The summed E-state index contributed by atoms with van der Waals surface area (Å²) in [6.45, 7) is 0. The standard InChI is InChI=1S/C51H30N4OS/c1-3-15-31(16-4-1)49-52-50(32-17-5-2-6-18-32)54-51(53-49)40-26-12-24-38-37-23-11-22-36(46(37)56-47(38)40)35-21-14-30-44-45(35)39-25-13-29-43(48(39)57-44)55-41-27-9-7-19-33(41)34-20-8-10-28-42(34)55/h1-30H. The van der Waals surface area contributed by atoms with Crippen LogP contribution in [0.1, 0.15) is 0 Å². The van der Waals surface area contributed by atoms with Crippen LogP contribution in [-0.2, 0) is 0 Å². The number of hydrogen-bond acceptors (Lipinski definition) is 5. The molecule has 0 saturated heterocycles. The molecule has 0 atom stereocenters. The van der Waals surface area contributed by atoms with Crippen LogP contribution in [0.5, 0.6) is 0 Å². The Hall–Kier alpha value is -7.41. The topological polar surface area (TPSA) is 56.7 Å². The highest BCUT2D eigenvalue weighted by atomic mass is 32.1. The third-order valence-electron chi connectivity index (χ3n) is 11.1. The zero-order valence-electron chi connectivity index (χ0n) is 30.4. The fraction of sp³-hybridized carbons (Fsp3) is 0. The van der Waals surface area contributed by atoms with Gasteiger partial charge in [0.25, 0.3) is 0 Å². The summed E-state index contributed by atoms with van der Waals surface area (Å²) < 4.78 is 11.9. The minimum atomic E-state index is 0.567. The van der Waals surface area contributed by atoms with Crippen molar-refractivity contribution in [3.05, 3.63) is 182 Å². The molecule has 0 radical (unpaired) electrons. The van der Waals surface area contributed by atoms with Crippen molar-refractivity contribution in [1.82, 2.24) is 19.5 Å². The number of furan rings is 1. The van der Waals surface area contributed by atoms with E-state index in [0.29, 0.717) is 17.5 Å². The van der Waals surface area contributed by atoms with Crippen molar-refractivity contribution in [2.75, 3.05) is 0 Å². The highest BCUT2D eigenvalue weighted by molar-refractivity contribution is 7.26. The minimum Gasteiger partial charge on any atom is -0.455 e. The maximum atomic E-state index is 7.03. The van der Waals surface area contributed by atoms with E-state index in [1.807, 2.05) is 78.1 Å². The van der Waals surface area contributed by atoms with Crippen molar-refractivity contribution in [2.24, 2.45) is 0 Å². The van der Waals surface area contributed by atoms with E-state index in [1.54, 1.807) is 0 Å². The molecule has 0 amide bonds. The van der Waals surface area contributed by atoms with Crippen LogP contribution in [-0.4, -0.2) is 19.5 Å². The molecule has 266 valence electrons. The predicted octanol–water partition coefficient (Wildman–Crippen LogP) is 13.9. The number of fused-ring (bicyclic) bond motifs is 9. The maximum Gasteiger partial charge on any atom is 0.167 e. The quantitative estimate of drug-likeness (QED) is 0.176. The molecule has 0 N–H and O–H groups in total. The van der Waals surface area contributed by atoms with Crippen molar-refractivity contribution in [2.45, 2.75) is 0 Å². The fourth-order valence-corrected chi connectivity index (χ4v) is 9.79. The van der Waals surface area contributed by atoms with Gasteiger partial charge in [-0.15, -0.1) is 11.3 Å². The SMILES string of the molecule is c1ccc(-c2nc(-c3ccccc3)nc(-c3cccc4c3oc3c(-c5cccc6sc7c(-n8c9ccccc9c9ccccc98)cccc7c56)cccc34)n2)cc1. The van der Waals surface area contributed by atoms with Gasteiger partial charge in [-0.1, -0.05) is 152 Å². The molecule has 57 heavy (non-hydrogen) atoms. The average Bonchev–Trinajstić information content (AvgIpc) is 3.97. The van der Waals surface area contributed by atoms with Gasteiger partial charge in [0, 0.05) is 53.7 Å². The smallest absolute Gasteiger partial charge is 0.167 e. The second-order valence-electron chi connectivity index (χ2n) is 14.3. The van der Waals surface area contributed by atoms with Crippen molar-refractivity contribution < 1.29 is 4.42 Å². The summed E-state index contributed by atoms with van der Waals surface area (Å²) in [7, 11) is 0. The van der Waals surface area contributed by atoms with Gasteiger partial charge in [-0.2, -0.15) is 0 Å². The Balaban J connectivity index is 1.07. The molecule has 0 fully saturated rings. The summed E-state index contributed by atoms with van der Waals surface area (Å²) in [6.07, 6.45) is 0. The second-order valence-corrected chi connectivity index (χ2v) is 15.4. The molecule has 0 bridgehead atoms. The van der Waals surface area contributed by atoms with Crippen molar-refractivity contribution in [1.29, 1.82) is 0 Å². The van der Waals surface area contributed by atoms with Gasteiger partial charge >= 0.3 is 0 Å². The van der Waals surface area contributed by atoms with Gasteiger partial charge in [0.05, 0.1) is 27.0 Å². The van der Waals surface area contributed by atoms with E-state index >= 15 is 0 Å². The zero-order valence-corrected chi connectivity index (χ0v) is 31.2. The van der Waals surface area contributed by atoms with E-state index in [4.69, 9.17) is 19.4 Å². The lowest BCUT2D eigenvalue weighted by atomic mass is 9.97. The zero-order chi connectivity index (χ0) is 37.5. The van der Waals surface area contributed by atoms with Crippen molar-refractivity contribution in [3.63, 3.8) is 0 Å². The number of rotatable bonds is 5. The molecule has 0 aliphatic rings. The van der Waals surface area contributed by atoms with Crippen LogP contribution < -0.4 is 0 Å². The third-order valence-corrected chi connectivity index (χ3v) is 12.3. The second kappa shape index (κ2) is 12.6. The highest BCUT2D eigenvalue weighted by Crippen LogP contribution is 2.47. The van der Waals surface area contributed by atoms with Crippen LogP contribution in [0, 0.1) is 0 Å². The molecule has 0 aliphatic carbocycles. The van der Waals surface area contributed by atoms with E-state index in [2.05, 4.69) is 120 Å². The molecule has 5 nitrogen and oxygen atoms in total. The molecular weight excluding hydrogens is 717 g/mol. The van der Waals surface area contributed by atoms with Gasteiger partial charge in [0.2, 0.25) is 0 Å². The molecule has 12 rings (SSSR count). The third kappa shape index (κ3) is 4.91. The van der Waals surface area contributed by atoms with Crippen LogP contribution in [0.2, 0.25) is 0 Å². The lowest BCUT2D eigenvalue weighted by Gasteiger charge is -2.10.